The zero-order valence-corrected chi connectivity index (χ0v) is 15.3. The molecule has 2 aromatic rings. The fourth-order valence-electron chi connectivity index (χ4n) is 2.12. The summed E-state index contributed by atoms with van der Waals surface area (Å²) < 4.78 is 38.4. The molecule has 0 spiro atoms. The summed E-state index contributed by atoms with van der Waals surface area (Å²) >= 11 is 0. The van der Waals surface area contributed by atoms with Crippen molar-refractivity contribution in [1.29, 1.82) is 0 Å². The third-order valence-corrected chi connectivity index (χ3v) is 3.29. The van der Waals surface area contributed by atoms with Crippen LogP contribution in [0.3, 0.4) is 0 Å². The van der Waals surface area contributed by atoms with Gasteiger partial charge in [-0.1, -0.05) is 49.1 Å². The Kier molecular flexibility index (Phi) is 10.1. The molecule has 1 nitrogen and oxygen atoms in total. The molecule has 2 N–H and O–H groups in total. The molecule has 0 saturated carbocycles. The van der Waals surface area contributed by atoms with Gasteiger partial charge in [0.05, 0.1) is 0 Å². The first-order chi connectivity index (χ1) is 12.9. The number of rotatable bonds is 6. The normalized spacial score (nSPS) is 11.5. The average molecular weight is 371 g/mol. The molecule has 4 heteroatoms. The maximum atomic E-state index is 13.0. The molecule has 0 unspecified atom stereocenters. The van der Waals surface area contributed by atoms with Gasteiger partial charge in [0.15, 0.2) is 0 Å². The fourth-order valence-corrected chi connectivity index (χ4v) is 2.12. The molecule has 2 aromatic carbocycles. The highest BCUT2D eigenvalue weighted by Crippen LogP contribution is 2.07. The van der Waals surface area contributed by atoms with Gasteiger partial charge in [0.1, 0.15) is 17.5 Å². The van der Waals surface area contributed by atoms with E-state index >= 15 is 0 Å². The summed E-state index contributed by atoms with van der Waals surface area (Å²) in [5.41, 5.74) is 7.60. The predicted octanol–water partition coefficient (Wildman–Crippen LogP) is 6.19. The zero-order chi connectivity index (χ0) is 20.1. The zero-order valence-electron chi connectivity index (χ0n) is 15.3. The van der Waals surface area contributed by atoms with Crippen LogP contribution in [0.2, 0.25) is 0 Å². The summed E-state index contributed by atoms with van der Waals surface area (Å²) in [7, 11) is 0. The Bertz CT molecular complexity index is 820. The van der Waals surface area contributed by atoms with E-state index in [9.17, 15) is 13.2 Å². The summed E-state index contributed by atoms with van der Waals surface area (Å²) in [6.07, 6.45) is 8.87. The Morgan fingerprint density at radius 1 is 1.04 bits per heavy atom. The number of nitrogens with two attached hydrogens (primary N) is 1. The Balaban J connectivity index is 0.000000289. The second kappa shape index (κ2) is 12.4. The molecule has 0 atom stereocenters. The Morgan fingerprint density at radius 2 is 1.63 bits per heavy atom. The molecular weight excluding hydrogens is 347 g/mol. The maximum Gasteiger partial charge on any atom is 0.123 e. The smallest absolute Gasteiger partial charge is 0.123 e. The van der Waals surface area contributed by atoms with Crippen LogP contribution in [0.25, 0.3) is 0 Å². The second-order valence-electron chi connectivity index (χ2n) is 5.78. The van der Waals surface area contributed by atoms with Gasteiger partial charge < -0.3 is 5.73 Å². The van der Waals surface area contributed by atoms with Gasteiger partial charge in [0, 0.05) is 12.1 Å². The topological polar surface area (TPSA) is 26.0 Å². The average Bonchev–Trinajstić information content (AvgIpc) is 2.60. The van der Waals surface area contributed by atoms with Crippen LogP contribution in [0.5, 0.6) is 0 Å². The molecular formula is C23H24F3N. The van der Waals surface area contributed by atoms with Crippen LogP contribution in [0.4, 0.5) is 13.2 Å². The lowest BCUT2D eigenvalue weighted by Gasteiger charge is -1.98. The molecule has 142 valence electrons. The second-order valence-corrected chi connectivity index (χ2v) is 5.78. The van der Waals surface area contributed by atoms with E-state index in [-0.39, 0.29) is 17.5 Å². The Morgan fingerprint density at radius 3 is 2.19 bits per heavy atom. The first-order valence-corrected chi connectivity index (χ1v) is 8.48. The fraction of sp³-hybridized carbons (Fsp3) is 0.130. The number of benzene rings is 2. The van der Waals surface area contributed by atoms with Gasteiger partial charge >= 0.3 is 0 Å². The van der Waals surface area contributed by atoms with Crippen molar-refractivity contribution in [2.75, 3.05) is 0 Å². The summed E-state index contributed by atoms with van der Waals surface area (Å²) in [4.78, 5) is 0. The van der Waals surface area contributed by atoms with Crippen molar-refractivity contribution in [2.24, 2.45) is 5.73 Å². The van der Waals surface area contributed by atoms with Gasteiger partial charge in [-0.3, -0.25) is 0 Å². The maximum absolute atomic E-state index is 13.0. The van der Waals surface area contributed by atoms with Crippen molar-refractivity contribution in [3.05, 3.63) is 120 Å². The van der Waals surface area contributed by atoms with Gasteiger partial charge in [0.2, 0.25) is 0 Å². The van der Waals surface area contributed by atoms with Crippen molar-refractivity contribution >= 4 is 0 Å². The molecule has 0 fully saturated rings. The molecule has 0 saturated heterocycles. The monoisotopic (exact) mass is 371 g/mol. The van der Waals surface area contributed by atoms with Crippen LogP contribution < -0.4 is 5.73 Å². The van der Waals surface area contributed by atoms with E-state index in [1.54, 1.807) is 36.4 Å². The molecule has 0 aliphatic rings. The van der Waals surface area contributed by atoms with E-state index in [2.05, 4.69) is 6.58 Å². The highest BCUT2D eigenvalue weighted by atomic mass is 19.1. The van der Waals surface area contributed by atoms with Crippen LogP contribution in [0.1, 0.15) is 18.1 Å². The lowest BCUT2D eigenvalue weighted by Crippen LogP contribution is -1.98. The van der Waals surface area contributed by atoms with Gasteiger partial charge in [-0.05, 0) is 60.9 Å². The van der Waals surface area contributed by atoms with E-state index in [1.807, 2.05) is 13.0 Å². The number of halogens is 3. The van der Waals surface area contributed by atoms with E-state index in [0.29, 0.717) is 18.5 Å². The SMILES string of the molecule is C=C(N)Cc1cccc(F)c1.C\C=C/C=C(F)\C=C\Cc1cccc(F)c1. The third-order valence-electron chi connectivity index (χ3n) is 3.29. The highest BCUT2D eigenvalue weighted by molar-refractivity contribution is 5.23. The van der Waals surface area contributed by atoms with Crippen LogP contribution in [0.15, 0.2) is 97.0 Å². The van der Waals surface area contributed by atoms with Crippen LogP contribution in [-0.2, 0) is 12.8 Å². The van der Waals surface area contributed by atoms with Crippen molar-refractivity contribution < 1.29 is 13.2 Å². The molecule has 27 heavy (non-hydrogen) atoms. The standard InChI is InChI=1S/C14H14F2.C9H10FN/c1-2-3-8-13(15)9-4-6-12-7-5-10-14(16)11-12;1-7(11)5-8-3-2-4-9(10)6-8/h2-5,7-11H,6H2,1H3;2-4,6H,1,5,11H2/b3-2-,9-4+,13-8+;. The van der Waals surface area contributed by atoms with Crippen LogP contribution >= 0.6 is 0 Å². The van der Waals surface area contributed by atoms with E-state index in [0.717, 1.165) is 11.1 Å². The van der Waals surface area contributed by atoms with Gasteiger partial charge in [-0.2, -0.15) is 0 Å². The predicted molar refractivity (Wildman–Crippen MR) is 107 cm³/mol. The van der Waals surface area contributed by atoms with E-state index in [1.165, 1.54) is 36.4 Å². The lowest BCUT2D eigenvalue weighted by molar-refractivity contribution is 0.625. The van der Waals surface area contributed by atoms with Crippen LogP contribution in [-0.4, -0.2) is 0 Å². The molecule has 2 rings (SSSR count). The Labute approximate surface area is 159 Å². The van der Waals surface area contributed by atoms with Gasteiger partial charge in [-0.25, -0.2) is 13.2 Å². The van der Waals surface area contributed by atoms with Crippen molar-refractivity contribution in [2.45, 2.75) is 19.8 Å². The molecule has 0 aromatic heterocycles. The summed E-state index contributed by atoms with van der Waals surface area (Å²) in [6, 6.07) is 12.6. The van der Waals surface area contributed by atoms with Crippen molar-refractivity contribution in [1.82, 2.24) is 0 Å². The number of hydrogen-bond donors (Lipinski definition) is 1. The molecule has 0 radical (unpaired) electrons. The summed E-state index contributed by atoms with van der Waals surface area (Å²) in [5.74, 6) is -0.811. The molecule has 0 aliphatic heterocycles. The largest absolute Gasteiger partial charge is 0.402 e. The van der Waals surface area contributed by atoms with Crippen molar-refractivity contribution in [3.8, 4) is 0 Å². The molecule has 0 bridgehead atoms. The first-order valence-electron chi connectivity index (χ1n) is 8.48. The quantitative estimate of drug-likeness (QED) is 0.602. The van der Waals surface area contributed by atoms with Crippen molar-refractivity contribution in [3.63, 3.8) is 0 Å². The third kappa shape index (κ3) is 10.5. The minimum atomic E-state index is -0.311. The number of allylic oxidation sites excluding steroid dienone is 7. The highest BCUT2D eigenvalue weighted by Gasteiger charge is 1.94. The number of hydrogen-bond acceptors (Lipinski definition) is 1. The minimum absolute atomic E-state index is 0.233. The molecule has 0 aliphatic carbocycles. The molecule has 0 amide bonds. The summed E-state index contributed by atoms with van der Waals surface area (Å²) in [6.45, 7) is 5.36. The van der Waals surface area contributed by atoms with Gasteiger partial charge in [0.25, 0.3) is 0 Å². The minimum Gasteiger partial charge on any atom is -0.402 e. The summed E-state index contributed by atoms with van der Waals surface area (Å²) in [5, 5.41) is 0. The Hall–Kier alpha value is -3.01. The lowest BCUT2D eigenvalue weighted by atomic mass is 10.1. The van der Waals surface area contributed by atoms with Crippen LogP contribution in [0, 0.1) is 11.6 Å². The van der Waals surface area contributed by atoms with E-state index < -0.39 is 0 Å². The first kappa shape index (κ1) is 22.0. The van der Waals surface area contributed by atoms with E-state index in [4.69, 9.17) is 5.73 Å². The van der Waals surface area contributed by atoms with Gasteiger partial charge in [-0.15, -0.1) is 0 Å². The molecule has 0 heterocycles.